The molecule has 0 bridgehead atoms. The molecule has 0 unspecified atom stereocenters. The van der Waals surface area contributed by atoms with Gasteiger partial charge in [0, 0.05) is 5.41 Å². The van der Waals surface area contributed by atoms with E-state index in [1.54, 1.807) is 0 Å². The predicted molar refractivity (Wildman–Crippen MR) is 67.0 cm³/mol. The van der Waals surface area contributed by atoms with Gasteiger partial charge in [0.05, 0.1) is 13.2 Å². The van der Waals surface area contributed by atoms with Gasteiger partial charge in [0.15, 0.2) is 0 Å². The molecule has 16 heavy (non-hydrogen) atoms. The SMILES string of the molecule is Cc1ccc(C)c(OCC(C)(C)CO)c1C. The van der Waals surface area contributed by atoms with Crippen LogP contribution >= 0.6 is 0 Å². The Kier molecular flexibility index (Phi) is 3.98. The molecule has 0 aliphatic heterocycles. The summed E-state index contributed by atoms with van der Waals surface area (Å²) in [7, 11) is 0. The molecule has 2 heteroatoms. The summed E-state index contributed by atoms with van der Waals surface area (Å²) in [6.45, 7) is 10.9. The van der Waals surface area contributed by atoms with Crippen LogP contribution in [0.5, 0.6) is 5.75 Å². The number of aryl methyl sites for hydroxylation is 2. The third kappa shape index (κ3) is 2.99. The first-order valence-electron chi connectivity index (χ1n) is 5.68. The van der Waals surface area contributed by atoms with Crippen molar-refractivity contribution in [2.45, 2.75) is 34.6 Å². The summed E-state index contributed by atoms with van der Waals surface area (Å²) in [5.41, 5.74) is 3.38. The Morgan fingerprint density at radius 3 is 2.25 bits per heavy atom. The van der Waals surface area contributed by atoms with Gasteiger partial charge in [-0.05, 0) is 37.5 Å². The second kappa shape index (κ2) is 4.88. The molecule has 0 aliphatic carbocycles. The Labute approximate surface area is 98.3 Å². The fourth-order valence-corrected chi connectivity index (χ4v) is 1.46. The van der Waals surface area contributed by atoms with Crippen LogP contribution in [0.3, 0.4) is 0 Å². The van der Waals surface area contributed by atoms with E-state index in [9.17, 15) is 5.11 Å². The van der Waals surface area contributed by atoms with Crippen molar-refractivity contribution < 1.29 is 9.84 Å². The lowest BCUT2D eigenvalue weighted by Gasteiger charge is -2.23. The molecular formula is C14H22O2. The van der Waals surface area contributed by atoms with Crippen LogP contribution in [0.4, 0.5) is 0 Å². The van der Waals surface area contributed by atoms with E-state index in [-0.39, 0.29) is 12.0 Å². The lowest BCUT2D eigenvalue weighted by molar-refractivity contribution is 0.0968. The minimum Gasteiger partial charge on any atom is -0.492 e. The molecule has 1 aromatic carbocycles. The van der Waals surface area contributed by atoms with Gasteiger partial charge in [0.1, 0.15) is 5.75 Å². The highest BCUT2D eigenvalue weighted by molar-refractivity contribution is 5.44. The van der Waals surface area contributed by atoms with Gasteiger partial charge in [-0.2, -0.15) is 0 Å². The quantitative estimate of drug-likeness (QED) is 0.848. The largest absolute Gasteiger partial charge is 0.492 e. The summed E-state index contributed by atoms with van der Waals surface area (Å²) >= 11 is 0. The van der Waals surface area contributed by atoms with Crippen molar-refractivity contribution in [3.05, 3.63) is 28.8 Å². The predicted octanol–water partition coefficient (Wildman–Crippen LogP) is 3.01. The summed E-state index contributed by atoms with van der Waals surface area (Å²) in [5.74, 6) is 0.960. The maximum Gasteiger partial charge on any atom is 0.125 e. The van der Waals surface area contributed by atoms with Crippen LogP contribution in [-0.4, -0.2) is 18.3 Å². The third-order valence-corrected chi connectivity index (χ3v) is 2.91. The van der Waals surface area contributed by atoms with Crippen molar-refractivity contribution in [2.75, 3.05) is 13.2 Å². The van der Waals surface area contributed by atoms with Gasteiger partial charge >= 0.3 is 0 Å². The zero-order chi connectivity index (χ0) is 12.3. The van der Waals surface area contributed by atoms with Crippen LogP contribution < -0.4 is 4.74 Å². The number of rotatable bonds is 4. The van der Waals surface area contributed by atoms with Gasteiger partial charge in [-0.1, -0.05) is 26.0 Å². The van der Waals surface area contributed by atoms with Gasteiger partial charge in [-0.15, -0.1) is 0 Å². The normalized spacial score (nSPS) is 11.6. The number of ether oxygens (including phenoxy) is 1. The summed E-state index contributed by atoms with van der Waals surface area (Å²) < 4.78 is 5.84. The summed E-state index contributed by atoms with van der Waals surface area (Å²) in [6, 6.07) is 4.18. The number of aliphatic hydroxyl groups is 1. The van der Waals surface area contributed by atoms with Crippen LogP contribution in [0.15, 0.2) is 12.1 Å². The lowest BCUT2D eigenvalue weighted by Crippen LogP contribution is -2.25. The lowest BCUT2D eigenvalue weighted by atomic mass is 9.96. The minimum atomic E-state index is -0.192. The number of hydrogen-bond acceptors (Lipinski definition) is 2. The summed E-state index contributed by atoms with van der Waals surface area (Å²) in [4.78, 5) is 0. The zero-order valence-corrected chi connectivity index (χ0v) is 10.9. The highest BCUT2D eigenvalue weighted by atomic mass is 16.5. The van der Waals surface area contributed by atoms with Crippen LogP contribution in [0.2, 0.25) is 0 Å². The Morgan fingerprint density at radius 1 is 1.12 bits per heavy atom. The van der Waals surface area contributed by atoms with E-state index in [2.05, 4.69) is 26.0 Å². The molecule has 0 spiro atoms. The van der Waals surface area contributed by atoms with Gasteiger partial charge < -0.3 is 9.84 Å². The van der Waals surface area contributed by atoms with Crippen molar-refractivity contribution in [1.82, 2.24) is 0 Å². The molecule has 0 saturated carbocycles. The Balaban J connectivity index is 2.86. The fourth-order valence-electron chi connectivity index (χ4n) is 1.46. The zero-order valence-electron chi connectivity index (χ0n) is 10.9. The molecule has 0 saturated heterocycles. The average molecular weight is 222 g/mol. The Hall–Kier alpha value is -1.02. The maximum absolute atomic E-state index is 9.19. The van der Waals surface area contributed by atoms with Crippen molar-refractivity contribution >= 4 is 0 Å². The fraction of sp³-hybridized carbons (Fsp3) is 0.571. The highest BCUT2D eigenvalue weighted by Crippen LogP contribution is 2.27. The highest BCUT2D eigenvalue weighted by Gasteiger charge is 2.18. The van der Waals surface area contributed by atoms with E-state index in [4.69, 9.17) is 4.74 Å². The first-order valence-corrected chi connectivity index (χ1v) is 5.68. The molecule has 0 fully saturated rings. The second-order valence-corrected chi connectivity index (χ2v) is 5.26. The minimum absolute atomic E-state index is 0.136. The van der Waals surface area contributed by atoms with Crippen LogP contribution in [0.25, 0.3) is 0 Å². The van der Waals surface area contributed by atoms with E-state index in [0.29, 0.717) is 6.61 Å². The molecule has 90 valence electrons. The van der Waals surface area contributed by atoms with E-state index < -0.39 is 0 Å². The van der Waals surface area contributed by atoms with E-state index in [0.717, 1.165) is 11.3 Å². The number of benzene rings is 1. The van der Waals surface area contributed by atoms with Crippen molar-refractivity contribution in [2.24, 2.45) is 5.41 Å². The first kappa shape index (κ1) is 13.0. The molecule has 2 nitrogen and oxygen atoms in total. The van der Waals surface area contributed by atoms with E-state index in [1.807, 2.05) is 20.8 Å². The summed E-state index contributed by atoms with van der Waals surface area (Å²) in [5, 5.41) is 9.19. The topological polar surface area (TPSA) is 29.5 Å². The molecule has 0 amide bonds. The molecular weight excluding hydrogens is 200 g/mol. The standard InChI is InChI=1S/C14H22O2/c1-10-6-7-11(2)13(12(10)3)16-9-14(4,5)8-15/h6-7,15H,8-9H2,1-5H3. The summed E-state index contributed by atoms with van der Waals surface area (Å²) in [6.07, 6.45) is 0. The van der Waals surface area contributed by atoms with Crippen LogP contribution in [0.1, 0.15) is 30.5 Å². The van der Waals surface area contributed by atoms with Crippen molar-refractivity contribution in [3.8, 4) is 5.75 Å². The average Bonchev–Trinajstić information content (AvgIpc) is 2.24. The molecule has 1 rings (SSSR count). The maximum atomic E-state index is 9.19. The molecule has 0 aromatic heterocycles. The molecule has 0 atom stereocenters. The van der Waals surface area contributed by atoms with Crippen molar-refractivity contribution in [3.63, 3.8) is 0 Å². The molecule has 1 aromatic rings. The third-order valence-electron chi connectivity index (χ3n) is 2.91. The Morgan fingerprint density at radius 2 is 1.69 bits per heavy atom. The van der Waals surface area contributed by atoms with Crippen molar-refractivity contribution in [1.29, 1.82) is 0 Å². The molecule has 0 radical (unpaired) electrons. The van der Waals surface area contributed by atoms with Gasteiger partial charge in [0.25, 0.3) is 0 Å². The smallest absolute Gasteiger partial charge is 0.125 e. The monoisotopic (exact) mass is 222 g/mol. The van der Waals surface area contributed by atoms with Gasteiger partial charge in [-0.3, -0.25) is 0 Å². The molecule has 0 aliphatic rings. The van der Waals surface area contributed by atoms with Gasteiger partial charge in [0.2, 0.25) is 0 Å². The number of hydrogen-bond donors (Lipinski definition) is 1. The Bertz CT molecular complexity index is 367. The molecule has 0 heterocycles. The molecule has 1 N–H and O–H groups in total. The van der Waals surface area contributed by atoms with E-state index >= 15 is 0 Å². The van der Waals surface area contributed by atoms with Gasteiger partial charge in [-0.25, -0.2) is 0 Å². The number of aliphatic hydroxyl groups excluding tert-OH is 1. The van der Waals surface area contributed by atoms with Crippen LogP contribution in [-0.2, 0) is 0 Å². The van der Waals surface area contributed by atoms with E-state index in [1.165, 1.54) is 11.1 Å². The van der Waals surface area contributed by atoms with Crippen LogP contribution in [0, 0.1) is 26.2 Å². The second-order valence-electron chi connectivity index (χ2n) is 5.26. The first-order chi connectivity index (χ1) is 7.37.